The van der Waals surface area contributed by atoms with Crippen LogP contribution < -0.4 is 4.74 Å². The molecular weight excluding hydrogens is 664 g/mol. The molecule has 4 aromatic rings. The molecule has 274 valence electrons. The zero-order chi connectivity index (χ0) is 36.5. The number of nitrogens with zero attached hydrogens (tertiary/aromatic N) is 4. The lowest BCUT2D eigenvalue weighted by atomic mass is 9.80. The summed E-state index contributed by atoms with van der Waals surface area (Å²) in [6, 6.07) is 25.0. The number of carbonyl (C=O) groups excluding carboxylic acids is 3. The Morgan fingerprint density at radius 1 is 0.923 bits per heavy atom. The van der Waals surface area contributed by atoms with E-state index < -0.39 is 23.7 Å². The number of esters is 1. The molecule has 0 bridgehead atoms. The van der Waals surface area contributed by atoms with Crippen LogP contribution >= 0.6 is 0 Å². The van der Waals surface area contributed by atoms with Crippen LogP contribution in [0.5, 0.6) is 5.75 Å². The van der Waals surface area contributed by atoms with Crippen LogP contribution in [-0.4, -0.2) is 101 Å². The van der Waals surface area contributed by atoms with Crippen LogP contribution in [0.3, 0.4) is 0 Å². The number of ether oxygens (including phenoxy) is 4. The number of imidazole rings is 1. The smallest absolute Gasteiger partial charge is 0.410 e. The lowest BCUT2D eigenvalue weighted by Gasteiger charge is -2.41. The fourth-order valence-corrected chi connectivity index (χ4v) is 7.26. The number of hydrogen-bond acceptors (Lipinski definition) is 9. The summed E-state index contributed by atoms with van der Waals surface area (Å²) in [5, 5.41) is 11.8. The Bertz CT molecular complexity index is 1800. The van der Waals surface area contributed by atoms with Gasteiger partial charge in [-0.15, -0.1) is 0 Å². The number of aliphatic hydroxyl groups is 1. The zero-order valence-electron chi connectivity index (χ0n) is 29.7. The lowest BCUT2D eigenvalue weighted by molar-refractivity contribution is -0.0893. The molecular formula is C40H46N4O8. The van der Waals surface area contributed by atoms with Crippen molar-refractivity contribution in [1.29, 1.82) is 0 Å². The third-order valence-electron chi connectivity index (χ3n) is 9.93. The first-order valence-electron chi connectivity index (χ1n) is 17.7. The summed E-state index contributed by atoms with van der Waals surface area (Å²) in [6.07, 6.45) is 4.73. The number of benzene rings is 3. The van der Waals surface area contributed by atoms with Gasteiger partial charge in [-0.05, 0) is 42.7 Å². The molecule has 2 aliphatic rings. The molecule has 2 fully saturated rings. The van der Waals surface area contributed by atoms with Gasteiger partial charge >= 0.3 is 12.1 Å². The zero-order valence-corrected chi connectivity index (χ0v) is 29.7. The van der Waals surface area contributed by atoms with Gasteiger partial charge in [-0.2, -0.15) is 0 Å². The van der Waals surface area contributed by atoms with Crippen molar-refractivity contribution in [3.63, 3.8) is 0 Å². The standard InChI is InChI=1S/C40H46N4O8/c1-49-27-40(48)21-10-9-15-34(40)44-28-41-35(36(44)30-13-7-4-8-14-30)37(45)43-23-22-42(39(47)52-26-29-11-5-3-6-12-29)25-32(43)20-24-51-33-18-16-31(17-19-33)38(46)50-2/h3-8,11-14,16-19,28,32,34,48H,9-10,15,20-27H2,1-2H3/t32-,34-,40-/m1/s1. The summed E-state index contributed by atoms with van der Waals surface area (Å²) >= 11 is 0. The highest BCUT2D eigenvalue weighted by molar-refractivity contribution is 5.98. The largest absolute Gasteiger partial charge is 0.494 e. The van der Waals surface area contributed by atoms with Gasteiger partial charge in [0.05, 0.1) is 50.0 Å². The predicted molar refractivity (Wildman–Crippen MR) is 193 cm³/mol. The van der Waals surface area contributed by atoms with E-state index in [0.717, 1.165) is 24.0 Å². The van der Waals surface area contributed by atoms with Gasteiger partial charge in [0.2, 0.25) is 0 Å². The Balaban J connectivity index is 1.26. The summed E-state index contributed by atoms with van der Waals surface area (Å²) in [5.41, 5.74) is 1.90. The molecule has 1 saturated heterocycles. The van der Waals surface area contributed by atoms with Gasteiger partial charge in [0.15, 0.2) is 5.69 Å². The highest BCUT2D eigenvalue weighted by Crippen LogP contribution is 2.41. The number of carbonyl (C=O) groups is 3. The van der Waals surface area contributed by atoms with Crippen molar-refractivity contribution in [2.45, 2.75) is 56.4 Å². The average molecular weight is 711 g/mol. The average Bonchev–Trinajstić information content (AvgIpc) is 3.62. The van der Waals surface area contributed by atoms with Gasteiger partial charge in [-0.1, -0.05) is 73.5 Å². The first-order valence-corrected chi connectivity index (χ1v) is 17.7. The fraction of sp³-hybridized carbons (Fsp3) is 0.400. The van der Waals surface area contributed by atoms with Gasteiger partial charge in [0.25, 0.3) is 5.91 Å². The minimum Gasteiger partial charge on any atom is -0.494 e. The second kappa shape index (κ2) is 16.9. The second-order valence-corrected chi connectivity index (χ2v) is 13.3. The number of methoxy groups -OCH3 is 2. The fourth-order valence-electron chi connectivity index (χ4n) is 7.26. The summed E-state index contributed by atoms with van der Waals surface area (Å²) in [6.45, 7) is 1.33. The Morgan fingerprint density at radius 2 is 1.65 bits per heavy atom. The third kappa shape index (κ3) is 8.29. The van der Waals surface area contributed by atoms with Crippen LogP contribution in [0.1, 0.15) is 64.6 Å². The summed E-state index contributed by atoms with van der Waals surface area (Å²) in [7, 11) is 2.91. The van der Waals surface area contributed by atoms with E-state index in [9.17, 15) is 19.5 Å². The minimum absolute atomic E-state index is 0.141. The van der Waals surface area contributed by atoms with E-state index in [1.165, 1.54) is 7.11 Å². The van der Waals surface area contributed by atoms with Crippen LogP contribution in [0, 0.1) is 0 Å². The molecule has 12 heteroatoms. The monoisotopic (exact) mass is 710 g/mol. The van der Waals surface area contributed by atoms with Crippen molar-refractivity contribution in [2.24, 2.45) is 0 Å². The number of aromatic nitrogens is 2. The first-order chi connectivity index (χ1) is 25.3. The maximum Gasteiger partial charge on any atom is 0.410 e. The number of amides is 2. The molecule has 2 heterocycles. The molecule has 52 heavy (non-hydrogen) atoms. The van der Waals surface area contributed by atoms with Crippen molar-refractivity contribution < 1.29 is 38.4 Å². The van der Waals surface area contributed by atoms with Crippen molar-refractivity contribution in [3.05, 3.63) is 108 Å². The van der Waals surface area contributed by atoms with Crippen LogP contribution in [-0.2, 0) is 20.8 Å². The number of hydrogen-bond donors (Lipinski definition) is 1. The minimum atomic E-state index is -1.11. The van der Waals surface area contributed by atoms with Crippen LogP contribution in [0.2, 0.25) is 0 Å². The maximum absolute atomic E-state index is 14.7. The molecule has 0 spiro atoms. The Hall–Kier alpha value is -5.20. The van der Waals surface area contributed by atoms with Crippen molar-refractivity contribution in [1.82, 2.24) is 19.4 Å². The van der Waals surface area contributed by atoms with Gasteiger partial charge in [-0.3, -0.25) is 4.79 Å². The highest BCUT2D eigenvalue weighted by atomic mass is 16.6. The van der Waals surface area contributed by atoms with Gasteiger partial charge < -0.3 is 38.4 Å². The Labute approximate surface area is 303 Å². The Morgan fingerprint density at radius 3 is 2.37 bits per heavy atom. The lowest BCUT2D eigenvalue weighted by Crippen LogP contribution is -2.57. The first kappa shape index (κ1) is 36.6. The van der Waals surface area contributed by atoms with Crippen molar-refractivity contribution in [2.75, 3.05) is 47.1 Å². The molecule has 12 nitrogen and oxygen atoms in total. The van der Waals surface area contributed by atoms with E-state index in [-0.39, 0.29) is 57.1 Å². The Kier molecular flexibility index (Phi) is 11.9. The maximum atomic E-state index is 14.7. The molecule has 0 radical (unpaired) electrons. The summed E-state index contributed by atoms with van der Waals surface area (Å²) < 4.78 is 23.9. The number of piperazine rings is 1. The number of rotatable bonds is 12. The van der Waals surface area contributed by atoms with E-state index in [1.54, 1.807) is 47.5 Å². The molecule has 6 rings (SSSR count). The van der Waals surface area contributed by atoms with Crippen LogP contribution in [0.25, 0.3) is 11.3 Å². The highest BCUT2D eigenvalue weighted by Gasteiger charge is 2.43. The summed E-state index contributed by atoms with van der Waals surface area (Å²) in [4.78, 5) is 48.0. The normalized spacial score (nSPS) is 20.3. The van der Waals surface area contributed by atoms with E-state index in [2.05, 4.69) is 0 Å². The van der Waals surface area contributed by atoms with Crippen molar-refractivity contribution in [3.8, 4) is 17.0 Å². The van der Waals surface area contributed by atoms with Crippen LogP contribution in [0.4, 0.5) is 4.79 Å². The molecule has 3 atom stereocenters. The molecule has 2 amide bonds. The summed E-state index contributed by atoms with van der Waals surface area (Å²) in [5.74, 6) is -0.152. The van der Waals surface area contributed by atoms with Crippen molar-refractivity contribution >= 4 is 18.0 Å². The molecule has 1 aliphatic heterocycles. The second-order valence-electron chi connectivity index (χ2n) is 13.3. The molecule has 1 aromatic heterocycles. The van der Waals surface area contributed by atoms with E-state index in [1.807, 2.05) is 65.2 Å². The predicted octanol–water partition coefficient (Wildman–Crippen LogP) is 5.76. The molecule has 1 aliphatic carbocycles. The molecule has 1 saturated carbocycles. The van der Waals surface area contributed by atoms with E-state index in [4.69, 9.17) is 23.9 Å². The molecule has 1 N–H and O–H groups in total. The van der Waals surface area contributed by atoms with Crippen LogP contribution in [0.15, 0.2) is 91.3 Å². The third-order valence-corrected chi connectivity index (χ3v) is 9.93. The van der Waals surface area contributed by atoms with Gasteiger partial charge in [-0.25, -0.2) is 14.6 Å². The molecule has 3 aromatic carbocycles. The van der Waals surface area contributed by atoms with E-state index >= 15 is 0 Å². The topological polar surface area (TPSA) is 133 Å². The SMILES string of the molecule is COC[C@]1(O)CCCC[C@H]1n1cnc(C(=O)N2CCN(C(=O)OCc3ccccc3)C[C@H]2CCOc2ccc(C(=O)OC)cc2)c1-c1ccccc1. The van der Waals surface area contributed by atoms with E-state index in [0.29, 0.717) is 36.3 Å². The quantitative estimate of drug-likeness (QED) is 0.182. The van der Waals surface area contributed by atoms with Gasteiger partial charge in [0, 0.05) is 38.7 Å². The van der Waals surface area contributed by atoms with Gasteiger partial charge in [0.1, 0.15) is 18.0 Å². The molecule has 0 unspecified atom stereocenters.